The molecule has 166 valence electrons. The molecule has 1 aromatic heterocycles. The highest BCUT2D eigenvalue weighted by Crippen LogP contribution is 2.21. The standard InChI is InChI=1S/C24H26N4O3S/c1-3-4-12-25-23(31)18-8-10-21(11-9-18)28-14-13-26-24(28)32-16-22(30)27-20-7-5-6-19(15-20)17(2)29/h5-11,13-15H,3-4,12,16H2,1-2H3,(H,25,31)(H,27,30). The number of hydrogen-bond acceptors (Lipinski definition) is 5. The Morgan fingerprint density at radius 1 is 1.06 bits per heavy atom. The first kappa shape index (κ1) is 23.3. The number of imidazole rings is 1. The van der Waals surface area contributed by atoms with Crippen molar-refractivity contribution in [3.63, 3.8) is 0 Å². The fourth-order valence-electron chi connectivity index (χ4n) is 2.99. The summed E-state index contributed by atoms with van der Waals surface area (Å²) in [5, 5.41) is 6.37. The van der Waals surface area contributed by atoms with Gasteiger partial charge < -0.3 is 10.6 Å². The lowest BCUT2D eigenvalue weighted by molar-refractivity contribution is -0.113. The lowest BCUT2D eigenvalue weighted by atomic mass is 10.1. The molecule has 0 aliphatic heterocycles. The van der Waals surface area contributed by atoms with Crippen molar-refractivity contribution >= 4 is 35.0 Å². The molecule has 0 radical (unpaired) electrons. The lowest BCUT2D eigenvalue weighted by Gasteiger charge is -2.10. The van der Waals surface area contributed by atoms with Gasteiger partial charge in [0.25, 0.3) is 5.91 Å². The van der Waals surface area contributed by atoms with Crippen LogP contribution in [-0.4, -0.2) is 39.4 Å². The first-order chi connectivity index (χ1) is 15.5. The summed E-state index contributed by atoms with van der Waals surface area (Å²) >= 11 is 1.30. The SMILES string of the molecule is CCCCNC(=O)c1ccc(-n2ccnc2SCC(=O)Nc2cccc(C(C)=O)c2)cc1. The number of amides is 2. The summed E-state index contributed by atoms with van der Waals surface area (Å²) in [4.78, 5) is 40.4. The third-order valence-electron chi connectivity index (χ3n) is 4.72. The molecule has 0 fully saturated rings. The molecule has 2 aromatic carbocycles. The first-order valence-electron chi connectivity index (χ1n) is 10.4. The Morgan fingerprint density at radius 3 is 2.56 bits per heavy atom. The van der Waals surface area contributed by atoms with E-state index in [0.29, 0.717) is 28.5 Å². The van der Waals surface area contributed by atoms with Crippen molar-refractivity contribution in [2.24, 2.45) is 0 Å². The highest BCUT2D eigenvalue weighted by Gasteiger charge is 2.11. The van der Waals surface area contributed by atoms with Crippen LogP contribution in [0.5, 0.6) is 0 Å². The Kier molecular flexibility index (Phi) is 8.21. The Balaban J connectivity index is 1.59. The molecule has 0 aliphatic carbocycles. The molecular formula is C24H26N4O3S. The van der Waals surface area contributed by atoms with E-state index in [2.05, 4.69) is 22.5 Å². The highest BCUT2D eigenvalue weighted by molar-refractivity contribution is 7.99. The van der Waals surface area contributed by atoms with Crippen LogP contribution in [0.3, 0.4) is 0 Å². The highest BCUT2D eigenvalue weighted by atomic mass is 32.2. The van der Waals surface area contributed by atoms with E-state index < -0.39 is 0 Å². The lowest BCUT2D eigenvalue weighted by Crippen LogP contribution is -2.24. The molecule has 0 unspecified atom stereocenters. The van der Waals surface area contributed by atoms with Gasteiger partial charge in [0.05, 0.1) is 5.75 Å². The fourth-order valence-corrected chi connectivity index (χ4v) is 3.76. The number of unbranched alkanes of at least 4 members (excludes halogenated alkanes) is 1. The minimum Gasteiger partial charge on any atom is -0.352 e. The monoisotopic (exact) mass is 450 g/mol. The minimum atomic E-state index is -0.190. The van der Waals surface area contributed by atoms with Gasteiger partial charge in [-0.15, -0.1) is 0 Å². The van der Waals surface area contributed by atoms with Crippen LogP contribution in [-0.2, 0) is 4.79 Å². The summed E-state index contributed by atoms with van der Waals surface area (Å²) in [6.07, 6.45) is 5.47. The zero-order chi connectivity index (χ0) is 22.9. The Hall–Kier alpha value is -3.39. The number of aromatic nitrogens is 2. The van der Waals surface area contributed by atoms with E-state index in [0.717, 1.165) is 18.5 Å². The van der Waals surface area contributed by atoms with Gasteiger partial charge in [0.15, 0.2) is 10.9 Å². The van der Waals surface area contributed by atoms with Crippen molar-refractivity contribution in [3.8, 4) is 5.69 Å². The Labute approximate surface area is 191 Å². The van der Waals surface area contributed by atoms with Crippen molar-refractivity contribution in [1.82, 2.24) is 14.9 Å². The number of carbonyl (C=O) groups excluding carboxylic acids is 3. The van der Waals surface area contributed by atoms with Gasteiger partial charge >= 0.3 is 0 Å². The van der Waals surface area contributed by atoms with Crippen LogP contribution in [0, 0.1) is 0 Å². The van der Waals surface area contributed by atoms with Gasteiger partial charge in [-0.3, -0.25) is 19.0 Å². The molecule has 1 heterocycles. The predicted molar refractivity (Wildman–Crippen MR) is 127 cm³/mol. The van der Waals surface area contributed by atoms with Crippen molar-refractivity contribution in [2.45, 2.75) is 31.8 Å². The van der Waals surface area contributed by atoms with Crippen LogP contribution in [0.4, 0.5) is 5.69 Å². The van der Waals surface area contributed by atoms with E-state index in [9.17, 15) is 14.4 Å². The molecule has 3 rings (SSSR count). The van der Waals surface area contributed by atoms with Crippen molar-refractivity contribution in [2.75, 3.05) is 17.6 Å². The number of Topliss-reactive ketones (excluding diaryl/α,β-unsaturated/α-hetero) is 1. The van der Waals surface area contributed by atoms with Crippen LogP contribution in [0.2, 0.25) is 0 Å². The molecule has 0 bridgehead atoms. The van der Waals surface area contributed by atoms with Crippen LogP contribution in [0.25, 0.3) is 5.69 Å². The van der Waals surface area contributed by atoms with Crippen molar-refractivity contribution in [3.05, 3.63) is 72.1 Å². The summed E-state index contributed by atoms with van der Waals surface area (Å²) in [5.74, 6) is -0.166. The maximum atomic E-state index is 12.4. The molecule has 3 aromatic rings. The molecule has 2 N–H and O–H groups in total. The number of nitrogens with zero attached hydrogens (tertiary/aromatic N) is 2. The van der Waals surface area contributed by atoms with E-state index in [4.69, 9.17) is 0 Å². The first-order valence-corrected chi connectivity index (χ1v) is 11.4. The van der Waals surface area contributed by atoms with Gasteiger partial charge in [0, 0.05) is 41.4 Å². The number of hydrogen-bond donors (Lipinski definition) is 2. The maximum absolute atomic E-state index is 12.4. The molecule has 0 saturated carbocycles. The topological polar surface area (TPSA) is 93.1 Å². The van der Waals surface area contributed by atoms with Crippen LogP contribution in [0.15, 0.2) is 66.1 Å². The molecular weight excluding hydrogens is 424 g/mol. The smallest absolute Gasteiger partial charge is 0.251 e. The second-order valence-corrected chi connectivity index (χ2v) is 8.15. The second-order valence-electron chi connectivity index (χ2n) is 7.21. The quantitative estimate of drug-likeness (QED) is 0.272. The number of benzene rings is 2. The summed E-state index contributed by atoms with van der Waals surface area (Å²) in [6.45, 7) is 4.24. The van der Waals surface area contributed by atoms with Crippen LogP contribution < -0.4 is 10.6 Å². The average molecular weight is 451 g/mol. The molecule has 0 aliphatic rings. The van der Waals surface area contributed by atoms with Gasteiger partial charge in [-0.25, -0.2) is 4.98 Å². The molecule has 0 spiro atoms. The minimum absolute atomic E-state index is 0.0537. The normalized spacial score (nSPS) is 10.6. The molecule has 0 saturated heterocycles. The third kappa shape index (κ3) is 6.31. The number of carbonyl (C=O) groups is 3. The van der Waals surface area contributed by atoms with E-state index in [1.54, 1.807) is 42.6 Å². The number of rotatable bonds is 10. The number of anilines is 1. The molecule has 0 atom stereocenters. The van der Waals surface area contributed by atoms with Crippen molar-refractivity contribution < 1.29 is 14.4 Å². The van der Waals surface area contributed by atoms with Gasteiger partial charge in [-0.2, -0.15) is 0 Å². The summed E-state index contributed by atoms with van der Waals surface area (Å²) < 4.78 is 1.87. The molecule has 32 heavy (non-hydrogen) atoms. The third-order valence-corrected chi connectivity index (χ3v) is 5.68. The fraction of sp³-hybridized carbons (Fsp3) is 0.250. The van der Waals surface area contributed by atoms with Gasteiger partial charge in [0.2, 0.25) is 5.91 Å². The Morgan fingerprint density at radius 2 is 1.84 bits per heavy atom. The summed E-state index contributed by atoms with van der Waals surface area (Å²) in [7, 11) is 0. The zero-order valence-electron chi connectivity index (χ0n) is 18.1. The van der Waals surface area contributed by atoms with E-state index >= 15 is 0 Å². The van der Waals surface area contributed by atoms with E-state index in [-0.39, 0.29) is 23.4 Å². The maximum Gasteiger partial charge on any atom is 0.251 e. The van der Waals surface area contributed by atoms with E-state index in [1.165, 1.54) is 18.7 Å². The number of ketones is 1. The second kappa shape index (κ2) is 11.3. The molecule has 7 nitrogen and oxygen atoms in total. The van der Waals surface area contributed by atoms with Crippen LogP contribution >= 0.6 is 11.8 Å². The molecule has 2 amide bonds. The van der Waals surface area contributed by atoms with Crippen LogP contribution in [0.1, 0.15) is 47.4 Å². The van der Waals surface area contributed by atoms with E-state index in [1.807, 2.05) is 22.9 Å². The Bertz CT molecular complexity index is 1090. The number of nitrogens with one attached hydrogen (secondary N) is 2. The predicted octanol–water partition coefficient (Wildman–Crippen LogP) is 4.34. The summed E-state index contributed by atoms with van der Waals surface area (Å²) in [6, 6.07) is 14.1. The summed E-state index contributed by atoms with van der Waals surface area (Å²) in [5.41, 5.74) is 2.59. The van der Waals surface area contributed by atoms with Gasteiger partial charge in [-0.05, 0) is 49.7 Å². The van der Waals surface area contributed by atoms with Crippen molar-refractivity contribution in [1.29, 1.82) is 0 Å². The average Bonchev–Trinajstić information content (AvgIpc) is 3.27. The van der Waals surface area contributed by atoms with Gasteiger partial charge in [-0.1, -0.05) is 37.2 Å². The number of thioether (sulfide) groups is 1. The zero-order valence-corrected chi connectivity index (χ0v) is 18.9. The van der Waals surface area contributed by atoms with Gasteiger partial charge in [0.1, 0.15) is 0 Å². The largest absolute Gasteiger partial charge is 0.352 e. The molecule has 8 heteroatoms.